The summed E-state index contributed by atoms with van der Waals surface area (Å²) in [5.74, 6) is 1.68. The summed E-state index contributed by atoms with van der Waals surface area (Å²) in [6, 6.07) is 1.51. The smallest absolute Gasteiger partial charge is 0.0443 e. The van der Waals surface area contributed by atoms with E-state index in [1.807, 2.05) is 0 Å². The lowest BCUT2D eigenvalue weighted by Gasteiger charge is -2.43. The Morgan fingerprint density at radius 1 is 1.21 bits per heavy atom. The molecular weight excluding hydrogens is 236 g/mol. The van der Waals surface area contributed by atoms with E-state index in [1.54, 1.807) is 0 Å². The highest BCUT2D eigenvalue weighted by atomic mass is 16.3. The molecule has 3 unspecified atom stereocenters. The number of hydrogen-bond acceptors (Lipinski definition) is 3. The van der Waals surface area contributed by atoms with Gasteiger partial charge in [0.2, 0.25) is 0 Å². The predicted octanol–water partition coefficient (Wildman–Crippen LogP) is 2.25. The summed E-state index contributed by atoms with van der Waals surface area (Å²) in [6.45, 7) is 5.06. The first-order valence-corrected chi connectivity index (χ1v) is 8.26. The molecule has 3 atom stereocenters. The molecule has 19 heavy (non-hydrogen) atoms. The maximum absolute atomic E-state index is 9.09. The minimum Gasteiger partial charge on any atom is -0.396 e. The molecule has 2 rings (SSSR count). The van der Waals surface area contributed by atoms with Gasteiger partial charge in [-0.05, 0) is 57.4 Å². The third-order valence-electron chi connectivity index (χ3n) is 5.28. The second-order valence-electron chi connectivity index (χ2n) is 6.73. The fourth-order valence-electron chi connectivity index (χ4n) is 3.83. The van der Waals surface area contributed by atoms with Crippen LogP contribution in [-0.2, 0) is 0 Å². The van der Waals surface area contributed by atoms with Crippen molar-refractivity contribution in [3.8, 4) is 0 Å². The van der Waals surface area contributed by atoms with Crippen LogP contribution in [0.25, 0.3) is 0 Å². The number of aliphatic hydroxyl groups excluding tert-OH is 1. The van der Waals surface area contributed by atoms with Crippen molar-refractivity contribution >= 4 is 0 Å². The standard InChI is InChI=1S/C16H32N2O/c1-13-7-8-16(17-2)14(11-13)12-18(9-4-10-19)15-5-3-6-15/h13-17,19H,3-12H2,1-2H3. The van der Waals surface area contributed by atoms with Gasteiger partial charge in [0.25, 0.3) is 0 Å². The summed E-state index contributed by atoms with van der Waals surface area (Å²) in [5, 5.41) is 12.6. The van der Waals surface area contributed by atoms with Crippen LogP contribution < -0.4 is 5.32 Å². The average molecular weight is 268 g/mol. The maximum atomic E-state index is 9.09. The van der Waals surface area contributed by atoms with E-state index >= 15 is 0 Å². The van der Waals surface area contributed by atoms with Crippen LogP contribution in [0.2, 0.25) is 0 Å². The molecule has 0 heterocycles. The van der Waals surface area contributed by atoms with Gasteiger partial charge in [0.1, 0.15) is 0 Å². The lowest BCUT2D eigenvalue weighted by molar-refractivity contribution is 0.0727. The molecule has 2 aliphatic rings. The SMILES string of the molecule is CNC1CCC(C)CC1CN(CCCO)C1CCC1. The number of aliphatic hydroxyl groups is 1. The summed E-state index contributed by atoms with van der Waals surface area (Å²) in [7, 11) is 2.12. The maximum Gasteiger partial charge on any atom is 0.0443 e. The molecule has 0 aliphatic heterocycles. The molecular formula is C16H32N2O. The van der Waals surface area contributed by atoms with Gasteiger partial charge >= 0.3 is 0 Å². The minimum absolute atomic E-state index is 0.333. The first-order valence-electron chi connectivity index (χ1n) is 8.26. The molecule has 2 saturated carbocycles. The number of nitrogens with one attached hydrogen (secondary N) is 1. The molecule has 0 aromatic carbocycles. The Labute approximate surface area is 118 Å². The van der Waals surface area contributed by atoms with E-state index in [9.17, 15) is 0 Å². The van der Waals surface area contributed by atoms with Crippen LogP contribution in [0, 0.1) is 11.8 Å². The molecule has 112 valence electrons. The van der Waals surface area contributed by atoms with E-state index in [1.165, 1.54) is 45.1 Å². The predicted molar refractivity (Wildman–Crippen MR) is 80.3 cm³/mol. The van der Waals surface area contributed by atoms with Gasteiger partial charge < -0.3 is 10.4 Å². The van der Waals surface area contributed by atoms with E-state index in [-0.39, 0.29) is 0 Å². The summed E-state index contributed by atoms with van der Waals surface area (Å²) < 4.78 is 0. The van der Waals surface area contributed by atoms with Crippen LogP contribution in [0.4, 0.5) is 0 Å². The Balaban J connectivity index is 1.89. The van der Waals surface area contributed by atoms with Gasteiger partial charge in [-0.25, -0.2) is 0 Å². The summed E-state index contributed by atoms with van der Waals surface area (Å²) in [6.07, 6.45) is 9.16. The highest BCUT2D eigenvalue weighted by Crippen LogP contribution is 2.32. The van der Waals surface area contributed by atoms with E-state index in [0.717, 1.165) is 30.8 Å². The fraction of sp³-hybridized carbons (Fsp3) is 1.00. The van der Waals surface area contributed by atoms with Crippen molar-refractivity contribution in [2.24, 2.45) is 11.8 Å². The number of nitrogens with zero attached hydrogens (tertiary/aromatic N) is 1. The van der Waals surface area contributed by atoms with E-state index < -0.39 is 0 Å². The zero-order chi connectivity index (χ0) is 13.7. The van der Waals surface area contributed by atoms with Crippen LogP contribution in [0.5, 0.6) is 0 Å². The molecule has 0 aromatic heterocycles. The fourth-order valence-corrected chi connectivity index (χ4v) is 3.83. The molecule has 2 fully saturated rings. The molecule has 0 spiro atoms. The van der Waals surface area contributed by atoms with Crippen molar-refractivity contribution in [2.45, 2.75) is 64.0 Å². The van der Waals surface area contributed by atoms with Crippen molar-refractivity contribution in [1.29, 1.82) is 0 Å². The van der Waals surface area contributed by atoms with Gasteiger partial charge in [-0.1, -0.05) is 13.3 Å². The van der Waals surface area contributed by atoms with Gasteiger partial charge in [0.15, 0.2) is 0 Å². The largest absolute Gasteiger partial charge is 0.396 e. The Morgan fingerprint density at radius 2 is 2.00 bits per heavy atom. The van der Waals surface area contributed by atoms with Crippen LogP contribution >= 0.6 is 0 Å². The summed E-state index contributed by atoms with van der Waals surface area (Å²) in [4.78, 5) is 2.67. The molecule has 2 N–H and O–H groups in total. The minimum atomic E-state index is 0.333. The van der Waals surface area contributed by atoms with Crippen LogP contribution in [0.1, 0.15) is 51.9 Å². The first-order chi connectivity index (χ1) is 9.24. The van der Waals surface area contributed by atoms with Crippen LogP contribution in [-0.4, -0.2) is 48.8 Å². The van der Waals surface area contributed by atoms with E-state index in [4.69, 9.17) is 5.11 Å². The second-order valence-corrected chi connectivity index (χ2v) is 6.73. The highest BCUT2D eigenvalue weighted by molar-refractivity contribution is 4.88. The number of rotatable bonds is 7. The van der Waals surface area contributed by atoms with E-state index in [2.05, 4.69) is 24.2 Å². The molecule has 0 saturated heterocycles. The summed E-state index contributed by atoms with van der Waals surface area (Å²) in [5.41, 5.74) is 0. The van der Waals surface area contributed by atoms with Crippen molar-refractivity contribution < 1.29 is 5.11 Å². The second kappa shape index (κ2) is 7.61. The van der Waals surface area contributed by atoms with Crippen molar-refractivity contribution in [3.63, 3.8) is 0 Å². The lowest BCUT2D eigenvalue weighted by atomic mass is 9.78. The zero-order valence-corrected chi connectivity index (χ0v) is 12.8. The Hall–Kier alpha value is -0.120. The highest BCUT2D eigenvalue weighted by Gasteiger charge is 2.32. The Bertz CT molecular complexity index is 255. The average Bonchev–Trinajstić information content (AvgIpc) is 2.34. The van der Waals surface area contributed by atoms with Gasteiger partial charge in [-0.15, -0.1) is 0 Å². The third-order valence-corrected chi connectivity index (χ3v) is 5.28. The van der Waals surface area contributed by atoms with Gasteiger partial charge in [-0.3, -0.25) is 4.90 Å². The summed E-state index contributed by atoms with van der Waals surface area (Å²) >= 11 is 0. The molecule has 3 nitrogen and oxygen atoms in total. The normalized spacial score (nSPS) is 32.5. The van der Waals surface area contributed by atoms with Gasteiger partial charge in [0, 0.05) is 31.8 Å². The third kappa shape index (κ3) is 4.17. The van der Waals surface area contributed by atoms with Crippen molar-refractivity contribution in [3.05, 3.63) is 0 Å². The van der Waals surface area contributed by atoms with E-state index in [0.29, 0.717) is 12.6 Å². The Kier molecular flexibility index (Phi) is 6.11. The van der Waals surface area contributed by atoms with Crippen molar-refractivity contribution in [2.75, 3.05) is 26.7 Å². The monoisotopic (exact) mass is 268 g/mol. The molecule has 0 bridgehead atoms. The van der Waals surface area contributed by atoms with Gasteiger partial charge in [0.05, 0.1) is 0 Å². The molecule has 0 aromatic rings. The first kappa shape index (κ1) is 15.3. The molecule has 2 aliphatic carbocycles. The van der Waals surface area contributed by atoms with Crippen LogP contribution in [0.15, 0.2) is 0 Å². The van der Waals surface area contributed by atoms with Crippen LogP contribution in [0.3, 0.4) is 0 Å². The zero-order valence-electron chi connectivity index (χ0n) is 12.8. The Morgan fingerprint density at radius 3 is 2.58 bits per heavy atom. The quantitative estimate of drug-likeness (QED) is 0.743. The lowest BCUT2D eigenvalue weighted by Crippen LogP contribution is -2.49. The molecule has 0 radical (unpaired) electrons. The topological polar surface area (TPSA) is 35.5 Å². The molecule has 0 amide bonds. The van der Waals surface area contributed by atoms with Gasteiger partial charge in [-0.2, -0.15) is 0 Å². The molecule has 3 heteroatoms. The number of hydrogen-bond donors (Lipinski definition) is 2. The van der Waals surface area contributed by atoms with Crippen molar-refractivity contribution in [1.82, 2.24) is 10.2 Å².